The molecule has 0 fully saturated rings. The van der Waals surface area contributed by atoms with Crippen LogP contribution in [0.25, 0.3) is 101 Å². The van der Waals surface area contributed by atoms with Crippen LogP contribution in [0.1, 0.15) is 0 Å². The van der Waals surface area contributed by atoms with Gasteiger partial charge in [-0.25, -0.2) is 15.0 Å². The van der Waals surface area contributed by atoms with E-state index in [2.05, 4.69) is 140 Å². The number of furan rings is 1. The number of fused-ring (bicyclic) bond motifs is 3. The molecule has 2 aromatic heterocycles. The minimum absolute atomic E-state index is 0.587. The molecule has 4 nitrogen and oxygen atoms in total. The second kappa shape index (κ2) is 13.8. The highest BCUT2D eigenvalue weighted by molar-refractivity contribution is 6.13. The lowest BCUT2D eigenvalue weighted by Crippen LogP contribution is -2.00. The van der Waals surface area contributed by atoms with Gasteiger partial charge >= 0.3 is 0 Å². The number of aromatic nitrogens is 3. The zero-order valence-electron chi connectivity index (χ0n) is 29.8. The van der Waals surface area contributed by atoms with Crippen LogP contribution in [0.15, 0.2) is 205 Å². The van der Waals surface area contributed by atoms with Gasteiger partial charge in [0.2, 0.25) is 0 Å². The van der Waals surface area contributed by atoms with E-state index in [1.54, 1.807) is 0 Å². The molecule has 0 atom stereocenters. The van der Waals surface area contributed by atoms with E-state index in [0.29, 0.717) is 17.5 Å². The first-order chi connectivity index (χ1) is 27.2. The van der Waals surface area contributed by atoms with Gasteiger partial charge in [0.15, 0.2) is 17.5 Å². The molecular formula is C51H33N3O. The molecule has 4 heteroatoms. The average molecular weight is 704 g/mol. The molecule has 55 heavy (non-hydrogen) atoms. The third-order valence-electron chi connectivity index (χ3n) is 10.2. The van der Waals surface area contributed by atoms with Crippen molar-refractivity contribution in [3.8, 4) is 78.7 Å². The summed E-state index contributed by atoms with van der Waals surface area (Å²) in [6.07, 6.45) is 0. The Morgan fingerprint density at radius 1 is 0.273 bits per heavy atom. The van der Waals surface area contributed by atoms with Crippen molar-refractivity contribution in [2.24, 2.45) is 0 Å². The summed E-state index contributed by atoms with van der Waals surface area (Å²) in [4.78, 5) is 15.4. The van der Waals surface area contributed by atoms with Crippen LogP contribution in [0.4, 0.5) is 0 Å². The summed E-state index contributed by atoms with van der Waals surface area (Å²) in [5.74, 6) is 1.80. The van der Waals surface area contributed by atoms with Gasteiger partial charge < -0.3 is 4.42 Å². The molecule has 0 saturated carbocycles. The van der Waals surface area contributed by atoms with Crippen molar-refractivity contribution in [3.63, 3.8) is 0 Å². The predicted octanol–water partition coefficient (Wildman–Crippen LogP) is 13.4. The Balaban J connectivity index is 1.09. The van der Waals surface area contributed by atoms with Crippen molar-refractivity contribution >= 4 is 21.9 Å². The molecular weight excluding hydrogens is 671 g/mol. The Morgan fingerprint density at radius 3 is 1.15 bits per heavy atom. The van der Waals surface area contributed by atoms with E-state index < -0.39 is 0 Å². The van der Waals surface area contributed by atoms with Gasteiger partial charge in [0.25, 0.3) is 0 Å². The van der Waals surface area contributed by atoms with Crippen molar-refractivity contribution in [1.82, 2.24) is 15.0 Å². The van der Waals surface area contributed by atoms with Crippen molar-refractivity contribution < 1.29 is 4.42 Å². The van der Waals surface area contributed by atoms with E-state index in [1.807, 2.05) is 60.7 Å². The zero-order valence-corrected chi connectivity index (χ0v) is 29.8. The van der Waals surface area contributed by atoms with Gasteiger partial charge in [0, 0.05) is 27.5 Å². The summed E-state index contributed by atoms with van der Waals surface area (Å²) in [7, 11) is 0. The Hall–Kier alpha value is -7.43. The number of para-hydroxylation sites is 1. The molecule has 0 aliphatic rings. The molecule has 0 aliphatic heterocycles. The van der Waals surface area contributed by atoms with Gasteiger partial charge in [0.1, 0.15) is 11.2 Å². The molecule has 10 rings (SSSR count). The monoisotopic (exact) mass is 703 g/mol. The normalized spacial score (nSPS) is 11.3. The van der Waals surface area contributed by atoms with Crippen LogP contribution >= 0.6 is 0 Å². The Labute approximate surface area is 319 Å². The van der Waals surface area contributed by atoms with Crippen LogP contribution in [0.5, 0.6) is 0 Å². The van der Waals surface area contributed by atoms with Gasteiger partial charge in [0.05, 0.1) is 0 Å². The number of hydrogen-bond acceptors (Lipinski definition) is 4. The van der Waals surface area contributed by atoms with Gasteiger partial charge in [-0.2, -0.15) is 0 Å². The first kappa shape index (κ1) is 32.2. The molecule has 0 N–H and O–H groups in total. The molecule has 0 bridgehead atoms. The summed E-state index contributed by atoms with van der Waals surface area (Å²) in [6, 6.07) is 69.3. The summed E-state index contributed by atoms with van der Waals surface area (Å²) < 4.78 is 6.52. The van der Waals surface area contributed by atoms with Gasteiger partial charge in [-0.05, 0) is 62.7 Å². The first-order valence-electron chi connectivity index (χ1n) is 18.4. The largest absolute Gasteiger partial charge is 0.456 e. The quantitative estimate of drug-likeness (QED) is 0.166. The van der Waals surface area contributed by atoms with Crippen LogP contribution < -0.4 is 0 Å². The molecule has 0 spiro atoms. The van der Waals surface area contributed by atoms with Crippen LogP contribution in [0, 0.1) is 0 Å². The molecule has 2 heterocycles. The minimum Gasteiger partial charge on any atom is -0.456 e. The SMILES string of the molecule is c1ccc(-c2ccc(-c3ccc(-c4nc(-c5ccccc5)nc(-c5cc(-c6ccc(-c7ccccc7)cc6)cc6oc7ccccc7c56)n4)cc3)cc2)cc1. The van der Waals surface area contributed by atoms with Crippen molar-refractivity contribution in [2.45, 2.75) is 0 Å². The predicted molar refractivity (Wildman–Crippen MR) is 225 cm³/mol. The molecule has 0 unspecified atom stereocenters. The number of hydrogen-bond donors (Lipinski definition) is 0. The van der Waals surface area contributed by atoms with E-state index in [0.717, 1.165) is 60.9 Å². The van der Waals surface area contributed by atoms with Crippen LogP contribution in [0.2, 0.25) is 0 Å². The molecule has 0 amide bonds. The maximum Gasteiger partial charge on any atom is 0.164 e. The van der Waals surface area contributed by atoms with E-state index in [-0.39, 0.29) is 0 Å². The summed E-state index contributed by atoms with van der Waals surface area (Å²) in [5.41, 5.74) is 13.4. The Bertz CT molecular complexity index is 2920. The molecule has 10 aromatic rings. The highest BCUT2D eigenvalue weighted by atomic mass is 16.3. The molecule has 0 radical (unpaired) electrons. The third kappa shape index (κ3) is 6.26. The smallest absolute Gasteiger partial charge is 0.164 e. The number of rotatable bonds is 7. The van der Waals surface area contributed by atoms with Crippen molar-refractivity contribution in [3.05, 3.63) is 200 Å². The summed E-state index contributed by atoms with van der Waals surface area (Å²) in [5, 5.41) is 2.00. The highest BCUT2D eigenvalue weighted by Gasteiger charge is 2.20. The topological polar surface area (TPSA) is 51.8 Å². The molecule has 0 aliphatic carbocycles. The van der Waals surface area contributed by atoms with Crippen molar-refractivity contribution in [1.29, 1.82) is 0 Å². The lowest BCUT2D eigenvalue weighted by atomic mass is 9.96. The lowest BCUT2D eigenvalue weighted by Gasteiger charge is -2.12. The number of nitrogens with zero attached hydrogens (tertiary/aromatic N) is 3. The third-order valence-corrected chi connectivity index (χ3v) is 10.2. The Kier molecular flexibility index (Phi) is 8.12. The Morgan fingerprint density at radius 2 is 0.636 bits per heavy atom. The first-order valence-corrected chi connectivity index (χ1v) is 18.4. The second-order valence-corrected chi connectivity index (χ2v) is 13.6. The van der Waals surface area contributed by atoms with Crippen LogP contribution in [0.3, 0.4) is 0 Å². The van der Waals surface area contributed by atoms with Gasteiger partial charge in [-0.15, -0.1) is 0 Å². The molecule has 8 aromatic carbocycles. The zero-order chi connectivity index (χ0) is 36.6. The molecule has 258 valence electrons. The van der Waals surface area contributed by atoms with E-state index in [1.165, 1.54) is 22.3 Å². The number of benzene rings is 8. The average Bonchev–Trinajstić information content (AvgIpc) is 3.66. The highest BCUT2D eigenvalue weighted by Crippen LogP contribution is 2.40. The van der Waals surface area contributed by atoms with Crippen molar-refractivity contribution in [2.75, 3.05) is 0 Å². The standard InChI is InChI=1S/C51H33N3O/c1-4-12-34(13-5-1)36-20-22-38(23-21-36)39-28-30-42(31-29-39)50-52-49(41-16-8-3-9-17-41)53-51(54-50)45-32-43(33-47-48(45)44-18-10-11-19-46(44)55-47)40-26-24-37(25-27-40)35-14-6-2-7-15-35/h1-33H. The molecule has 0 saturated heterocycles. The van der Waals surface area contributed by atoms with E-state index in [4.69, 9.17) is 19.4 Å². The fourth-order valence-electron chi connectivity index (χ4n) is 7.32. The summed E-state index contributed by atoms with van der Waals surface area (Å²) >= 11 is 0. The van der Waals surface area contributed by atoms with Crippen LogP contribution in [-0.2, 0) is 0 Å². The fraction of sp³-hybridized carbons (Fsp3) is 0. The minimum atomic E-state index is 0.587. The maximum atomic E-state index is 6.52. The van der Waals surface area contributed by atoms with E-state index >= 15 is 0 Å². The van der Waals surface area contributed by atoms with Gasteiger partial charge in [-0.3, -0.25) is 0 Å². The fourth-order valence-corrected chi connectivity index (χ4v) is 7.32. The summed E-state index contributed by atoms with van der Waals surface area (Å²) in [6.45, 7) is 0. The van der Waals surface area contributed by atoms with E-state index in [9.17, 15) is 0 Å². The van der Waals surface area contributed by atoms with Crippen LogP contribution in [-0.4, -0.2) is 15.0 Å². The maximum absolute atomic E-state index is 6.52. The second-order valence-electron chi connectivity index (χ2n) is 13.6. The lowest BCUT2D eigenvalue weighted by molar-refractivity contribution is 0.669. The van der Waals surface area contributed by atoms with Gasteiger partial charge in [-0.1, -0.05) is 182 Å².